The van der Waals surface area contributed by atoms with Gasteiger partial charge in [-0.3, -0.25) is 4.90 Å². The number of nitrogens with zero attached hydrogens (tertiary/aromatic N) is 4. The Bertz CT molecular complexity index is 1370. The largest absolute Gasteiger partial charge is 0.483 e. The topological polar surface area (TPSA) is 95.3 Å². The molecule has 3 fully saturated rings. The number of anilines is 2. The normalized spacial score (nSPS) is 21.2. The molecule has 2 N–H and O–H groups in total. The standard InChI is InChI=1S/C30H32F2N6O2.ClH/c31-30(32)19-34-11-8-28(30)40-27-6-3-22(15-23(27)16-33)26-7-12-35-29(37-26)36-24-4-1-20(2-5-24)21-9-13-38(14-10-21)25-17-39-18-25;/h1-7,12,15,21,25,28,34H,8-11,13-14,17-19H2,(H,35,36,37);1H. The number of nitrogens with one attached hydrogen (secondary N) is 2. The first-order chi connectivity index (χ1) is 19.5. The number of aromatic nitrogens is 2. The summed E-state index contributed by atoms with van der Waals surface area (Å²) in [7, 11) is 0. The highest BCUT2D eigenvalue weighted by Crippen LogP contribution is 2.33. The van der Waals surface area contributed by atoms with Gasteiger partial charge in [0.05, 0.1) is 37.1 Å². The van der Waals surface area contributed by atoms with Gasteiger partial charge >= 0.3 is 0 Å². The molecule has 41 heavy (non-hydrogen) atoms. The Kier molecular flexibility index (Phi) is 9.00. The van der Waals surface area contributed by atoms with Crippen molar-refractivity contribution in [1.29, 1.82) is 5.26 Å². The van der Waals surface area contributed by atoms with Crippen molar-refractivity contribution in [3.63, 3.8) is 0 Å². The smallest absolute Gasteiger partial charge is 0.296 e. The summed E-state index contributed by atoms with van der Waals surface area (Å²) in [6, 6.07) is 17.7. The van der Waals surface area contributed by atoms with Crippen LogP contribution in [0.5, 0.6) is 5.75 Å². The summed E-state index contributed by atoms with van der Waals surface area (Å²) in [6.45, 7) is 3.97. The minimum atomic E-state index is -3.00. The molecule has 2 aromatic carbocycles. The highest BCUT2D eigenvalue weighted by Gasteiger charge is 2.43. The summed E-state index contributed by atoms with van der Waals surface area (Å²) in [4.78, 5) is 11.5. The van der Waals surface area contributed by atoms with Crippen molar-refractivity contribution in [1.82, 2.24) is 20.2 Å². The Morgan fingerprint density at radius 2 is 1.85 bits per heavy atom. The van der Waals surface area contributed by atoms with Gasteiger partial charge in [-0.25, -0.2) is 18.7 Å². The van der Waals surface area contributed by atoms with Crippen LogP contribution in [0.2, 0.25) is 0 Å². The van der Waals surface area contributed by atoms with Crippen LogP contribution < -0.4 is 15.4 Å². The SMILES string of the molecule is Cl.N#Cc1cc(-c2ccnc(Nc3ccc(C4CCN(C5COC5)CC4)cc3)n2)ccc1OC1CCNCC1(F)F. The van der Waals surface area contributed by atoms with Crippen molar-refractivity contribution in [2.24, 2.45) is 0 Å². The van der Waals surface area contributed by atoms with Gasteiger partial charge in [0.15, 0.2) is 6.10 Å². The van der Waals surface area contributed by atoms with Crippen LogP contribution >= 0.6 is 12.4 Å². The molecule has 3 aliphatic rings. The molecule has 0 saturated carbocycles. The second kappa shape index (κ2) is 12.7. The first kappa shape index (κ1) is 29.1. The Hall–Kier alpha value is -3.36. The third-order valence-corrected chi connectivity index (χ3v) is 8.04. The first-order valence-electron chi connectivity index (χ1n) is 13.8. The van der Waals surface area contributed by atoms with Gasteiger partial charge in [0.1, 0.15) is 11.8 Å². The summed E-state index contributed by atoms with van der Waals surface area (Å²) < 4.78 is 39.4. The molecule has 3 saturated heterocycles. The second-order valence-corrected chi connectivity index (χ2v) is 10.7. The molecule has 6 rings (SSSR count). The molecule has 4 heterocycles. The highest BCUT2D eigenvalue weighted by molar-refractivity contribution is 5.85. The van der Waals surface area contributed by atoms with Crippen LogP contribution in [-0.4, -0.2) is 72.3 Å². The molecule has 0 spiro atoms. The van der Waals surface area contributed by atoms with Crippen LogP contribution in [-0.2, 0) is 4.74 Å². The number of alkyl halides is 2. The number of hydrogen-bond donors (Lipinski definition) is 2. The summed E-state index contributed by atoms with van der Waals surface area (Å²) in [6.07, 6.45) is 2.85. The van der Waals surface area contributed by atoms with Gasteiger partial charge in [0.25, 0.3) is 5.92 Å². The molecular weight excluding hydrogens is 550 g/mol. The number of halogens is 3. The molecule has 1 unspecified atom stereocenters. The zero-order chi connectivity index (χ0) is 27.5. The maximum absolute atomic E-state index is 14.2. The predicted molar refractivity (Wildman–Crippen MR) is 154 cm³/mol. The van der Waals surface area contributed by atoms with Crippen molar-refractivity contribution >= 4 is 24.0 Å². The van der Waals surface area contributed by atoms with Gasteiger partial charge in [-0.1, -0.05) is 12.1 Å². The van der Waals surface area contributed by atoms with E-state index in [1.165, 1.54) is 5.56 Å². The lowest BCUT2D eigenvalue weighted by atomic mass is 9.88. The van der Waals surface area contributed by atoms with E-state index in [9.17, 15) is 14.0 Å². The zero-order valence-electron chi connectivity index (χ0n) is 22.6. The summed E-state index contributed by atoms with van der Waals surface area (Å²) >= 11 is 0. The van der Waals surface area contributed by atoms with E-state index < -0.39 is 18.6 Å². The van der Waals surface area contributed by atoms with E-state index in [0.717, 1.165) is 44.8 Å². The number of likely N-dealkylation sites (tertiary alicyclic amines) is 1. The lowest BCUT2D eigenvalue weighted by Crippen LogP contribution is -2.52. The number of hydrogen-bond acceptors (Lipinski definition) is 8. The van der Waals surface area contributed by atoms with Gasteiger partial charge in [0.2, 0.25) is 5.95 Å². The molecule has 0 aliphatic carbocycles. The summed E-state index contributed by atoms with van der Waals surface area (Å²) in [5, 5.41) is 15.6. The minimum absolute atomic E-state index is 0. The molecule has 1 aromatic heterocycles. The summed E-state index contributed by atoms with van der Waals surface area (Å²) in [5.74, 6) is -1.87. The average Bonchev–Trinajstić information content (AvgIpc) is 2.94. The molecular formula is C30H33ClF2N6O2. The number of benzene rings is 2. The van der Waals surface area contributed by atoms with Gasteiger partial charge in [-0.15, -0.1) is 12.4 Å². The van der Waals surface area contributed by atoms with E-state index >= 15 is 0 Å². The fraction of sp³-hybridized carbons (Fsp3) is 0.433. The van der Waals surface area contributed by atoms with E-state index in [1.807, 2.05) is 12.1 Å². The molecule has 216 valence electrons. The molecule has 0 bridgehead atoms. The molecule has 0 radical (unpaired) electrons. The third kappa shape index (κ3) is 6.60. The summed E-state index contributed by atoms with van der Waals surface area (Å²) in [5.41, 5.74) is 3.68. The zero-order valence-corrected chi connectivity index (χ0v) is 23.4. The van der Waals surface area contributed by atoms with E-state index in [-0.39, 0.29) is 30.1 Å². The Morgan fingerprint density at radius 3 is 2.54 bits per heavy atom. The Morgan fingerprint density at radius 1 is 1.07 bits per heavy atom. The van der Waals surface area contributed by atoms with Crippen molar-refractivity contribution < 1.29 is 18.3 Å². The number of rotatable bonds is 7. The van der Waals surface area contributed by atoms with Crippen molar-refractivity contribution in [3.8, 4) is 23.1 Å². The van der Waals surface area contributed by atoms with Crippen LogP contribution in [0.3, 0.4) is 0 Å². The molecule has 8 nitrogen and oxygen atoms in total. The molecule has 0 amide bonds. The fourth-order valence-corrected chi connectivity index (χ4v) is 5.57. The van der Waals surface area contributed by atoms with Crippen LogP contribution in [0.1, 0.15) is 36.3 Å². The number of piperidine rings is 2. The molecule has 3 aromatic rings. The van der Waals surface area contributed by atoms with E-state index in [1.54, 1.807) is 30.5 Å². The van der Waals surface area contributed by atoms with Gasteiger partial charge in [-0.05, 0) is 80.4 Å². The van der Waals surface area contributed by atoms with Gasteiger partial charge in [-0.2, -0.15) is 5.26 Å². The quantitative estimate of drug-likeness (QED) is 0.396. The minimum Gasteiger partial charge on any atom is -0.483 e. The Labute approximate surface area is 244 Å². The highest BCUT2D eigenvalue weighted by atomic mass is 35.5. The van der Waals surface area contributed by atoms with E-state index in [2.05, 4.69) is 43.7 Å². The van der Waals surface area contributed by atoms with Crippen molar-refractivity contribution in [2.45, 2.75) is 43.2 Å². The van der Waals surface area contributed by atoms with Gasteiger partial charge < -0.3 is 20.1 Å². The average molecular weight is 583 g/mol. The maximum atomic E-state index is 14.2. The first-order valence-corrected chi connectivity index (χ1v) is 13.8. The molecule has 1 atom stereocenters. The lowest BCUT2D eigenvalue weighted by molar-refractivity contribution is -0.109. The Balaban J connectivity index is 0.00000337. The molecule has 11 heteroatoms. The van der Waals surface area contributed by atoms with Crippen molar-refractivity contribution in [3.05, 3.63) is 65.9 Å². The van der Waals surface area contributed by atoms with Crippen molar-refractivity contribution in [2.75, 3.05) is 44.7 Å². The second-order valence-electron chi connectivity index (χ2n) is 10.7. The van der Waals surface area contributed by atoms with Gasteiger partial charge in [0, 0.05) is 23.9 Å². The van der Waals surface area contributed by atoms with E-state index in [4.69, 9.17) is 9.47 Å². The fourth-order valence-electron chi connectivity index (χ4n) is 5.57. The number of nitriles is 1. The van der Waals surface area contributed by atoms with Crippen LogP contribution in [0.15, 0.2) is 54.7 Å². The monoisotopic (exact) mass is 582 g/mol. The maximum Gasteiger partial charge on any atom is 0.296 e. The van der Waals surface area contributed by atoms with Crippen LogP contribution in [0, 0.1) is 11.3 Å². The predicted octanol–water partition coefficient (Wildman–Crippen LogP) is 5.13. The third-order valence-electron chi connectivity index (χ3n) is 8.04. The number of ether oxygens (including phenoxy) is 2. The van der Waals surface area contributed by atoms with E-state index in [0.29, 0.717) is 35.7 Å². The van der Waals surface area contributed by atoms with Crippen LogP contribution in [0.25, 0.3) is 11.3 Å². The lowest BCUT2D eigenvalue weighted by Gasteiger charge is -2.41. The van der Waals surface area contributed by atoms with Crippen LogP contribution in [0.4, 0.5) is 20.4 Å². The molecule has 3 aliphatic heterocycles.